The summed E-state index contributed by atoms with van der Waals surface area (Å²) in [6.07, 6.45) is 2.19. The van der Waals surface area contributed by atoms with E-state index in [2.05, 4.69) is 11.1 Å². The van der Waals surface area contributed by atoms with Gasteiger partial charge in [-0.3, -0.25) is 8.78 Å². The number of allylic oxidation sites excluding steroid dienone is 1. The molecule has 0 spiro atoms. The zero-order valence-corrected chi connectivity index (χ0v) is 19.7. The number of ether oxygens (including phenoxy) is 1. The largest absolute Gasteiger partial charge is 0.693 e. The second kappa shape index (κ2) is 13.6. The number of hydrogen-bond donors (Lipinski definition) is 2. The van der Waals surface area contributed by atoms with Crippen LogP contribution in [0.5, 0.6) is 5.75 Å². The van der Waals surface area contributed by atoms with E-state index in [-0.39, 0.29) is 37.6 Å². The monoisotopic (exact) mass is 607 g/mol. The Balaban J connectivity index is 0.000000547. The van der Waals surface area contributed by atoms with Gasteiger partial charge >= 0.3 is 0 Å². The summed E-state index contributed by atoms with van der Waals surface area (Å²) in [6, 6.07) is 15.0. The first-order valence-corrected chi connectivity index (χ1v) is 8.79. The van der Waals surface area contributed by atoms with E-state index >= 15 is 0 Å². The summed E-state index contributed by atoms with van der Waals surface area (Å²) < 4.78 is 31.0. The number of hydrogen-bond acceptors (Lipinski definition) is 4. The molecule has 0 aliphatic heterocycles. The van der Waals surface area contributed by atoms with Gasteiger partial charge in [0.05, 0.1) is 12.9 Å². The molecule has 4 N–H and O–H groups in total. The second-order valence-electron chi connectivity index (χ2n) is 6.29. The molecule has 1 unspecified atom stereocenters. The second-order valence-corrected chi connectivity index (χ2v) is 6.29. The van der Waals surface area contributed by atoms with E-state index in [4.69, 9.17) is 9.84 Å². The Morgan fingerprint density at radius 2 is 1.81 bits per heavy atom. The van der Waals surface area contributed by atoms with Crippen LogP contribution in [0.1, 0.15) is 24.2 Å². The Bertz CT molecular complexity index is 979. The third kappa shape index (κ3) is 8.94. The van der Waals surface area contributed by atoms with Crippen LogP contribution in [0.2, 0.25) is 0 Å². The molecule has 8 heteroatoms. The molecule has 3 rings (SSSR count). The van der Waals surface area contributed by atoms with Gasteiger partial charge in [0, 0.05) is 37.9 Å². The van der Waals surface area contributed by atoms with E-state index in [0.29, 0.717) is 5.69 Å². The van der Waals surface area contributed by atoms with Crippen LogP contribution < -0.4 is 4.74 Å². The van der Waals surface area contributed by atoms with Gasteiger partial charge in [0.2, 0.25) is 0 Å². The number of aryl methyl sites for hydroxylation is 1. The maximum atomic E-state index is 13.4. The third-order valence-electron chi connectivity index (χ3n) is 3.89. The molecule has 0 bridgehead atoms. The normalized spacial score (nSPS) is 11.2. The molecule has 1 heterocycles. The summed E-state index contributed by atoms with van der Waals surface area (Å²) in [4.78, 5) is 4.01. The van der Waals surface area contributed by atoms with Gasteiger partial charge in [-0.25, -0.2) is 0 Å². The molecule has 0 amide bonds. The molecule has 0 saturated carbocycles. The van der Waals surface area contributed by atoms with E-state index in [1.165, 1.54) is 13.0 Å². The molecule has 2 aromatic carbocycles. The van der Waals surface area contributed by atoms with E-state index in [1.54, 1.807) is 43.6 Å². The van der Waals surface area contributed by atoms with Crippen molar-refractivity contribution >= 4 is 0 Å². The predicted octanol–water partition coefficient (Wildman–Crippen LogP) is 6.04. The van der Waals surface area contributed by atoms with Crippen molar-refractivity contribution in [3.63, 3.8) is 0 Å². The van der Waals surface area contributed by atoms with Gasteiger partial charge < -0.3 is 26.1 Å². The molecule has 3 aromatic rings. The number of rotatable bonds is 4. The zero-order valence-electron chi connectivity index (χ0n) is 17.3. The summed E-state index contributed by atoms with van der Waals surface area (Å²) in [5, 5.41) is 18.5. The number of methoxy groups -OCH3 is 1. The minimum absolute atomic E-state index is 0. The van der Waals surface area contributed by atoms with Crippen LogP contribution in [0.3, 0.4) is 0 Å². The van der Waals surface area contributed by atoms with Crippen molar-refractivity contribution in [1.82, 2.24) is 4.98 Å². The molecule has 0 fully saturated rings. The smallest absolute Gasteiger partial charge is 0.118 e. The van der Waals surface area contributed by atoms with E-state index in [9.17, 15) is 13.9 Å². The Morgan fingerprint density at radius 1 is 1.16 bits per heavy atom. The van der Waals surface area contributed by atoms with Crippen molar-refractivity contribution in [2.24, 2.45) is 0 Å². The summed E-state index contributed by atoms with van der Waals surface area (Å²) in [5.74, 6) is -0.434. The molecular weight excluding hydrogens is 582 g/mol. The standard InChI is InChI=1S/C12H8F2N.C11H14O3.Ir.H2N/c1-8-4-5-15-12(6-8)10-3-2-9(13)7-11(10)14;1-8(12)7-11(13)9-3-5-10(14-2)6-4-9;;/h2,4-7H,1H3;3-7,11-13H,1-2H3;;1H2/q-1;;;-1. The molecule has 1 radical (unpaired) electrons. The topological polar surface area (TPSA) is 96.1 Å². The van der Waals surface area contributed by atoms with Crippen LogP contribution in [0.15, 0.2) is 66.6 Å². The number of aliphatic hydroxyl groups excluding tert-OH is 2. The molecule has 0 aliphatic rings. The predicted molar refractivity (Wildman–Crippen MR) is 113 cm³/mol. The van der Waals surface area contributed by atoms with Gasteiger partial charge in [-0.05, 0) is 49.4 Å². The Kier molecular flexibility index (Phi) is 12.5. The fraction of sp³-hybridized carbons (Fsp3) is 0.174. The SMILES string of the molecule is COc1ccc(C(O)C=C(C)O)cc1.Cc1ccnc(-c2[c-]cc(F)cc2F)c1.[Ir].[NH2-]. The molecule has 169 valence electrons. The van der Waals surface area contributed by atoms with Crippen molar-refractivity contribution in [3.8, 4) is 17.0 Å². The molecule has 0 saturated heterocycles. The van der Waals surface area contributed by atoms with Crippen molar-refractivity contribution in [2.75, 3.05) is 7.11 Å². The Morgan fingerprint density at radius 3 is 2.32 bits per heavy atom. The van der Waals surface area contributed by atoms with E-state index < -0.39 is 17.7 Å². The Labute approximate surface area is 194 Å². The number of pyridine rings is 1. The minimum Gasteiger partial charge on any atom is -0.693 e. The van der Waals surface area contributed by atoms with Gasteiger partial charge in [0.1, 0.15) is 11.9 Å². The van der Waals surface area contributed by atoms with Crippen LogP contribution in [-0.4, -0.2) is 22.3 Å². The number of aromatic nitrogens is 1. The summed E-state index contributed by atoms with van der Waals surface area (Å²) >= 11 is 0. The van der Waals surface area contributed by atoms with Gasteiger partial charge in [-0.15, -0.1) is 12.1 Å². The van der Waals surface area contributed by atoms with Crippen LogP contribution in [0.25, 0.3) is 17.4 Å². The summed E-state index contributed by atoms with van der Waals surface area (Å²) in [7, 11) is 1.59. The first-order valence-electron chi connectivity index (χ1n) is 8.79. The fourth-order valence-corrected chi connectivity index (χ4v) is 2.44. The fourth-order valence-electron chi connectivity index (χ4n) is 2.44. The zero-order chi connectivity index (χ0) is 21.4. The van der Waals surface area contributed by atoms with Crippen LogP contribution in [-0.2, 0) is 20.1 Å². The van der Waals surface area contributed by atoms with Gasteiger partial charge in [0.15, 0.2) is 0 Å². The number of halogens is 2. The first-order chi connectivity index (χ1) is 13.8. The van der Waals surface area contributed by atoms with Crippen molar-refractivity contribution < 1.29 is 43.8 Å². The summed E-state index contributed by atoms with van der Waals surface area (Å²) in [6.45, 7) is 3.40. The molecule has 1 atom stereocenters. The number of aliphatic hydroxyl groups is 2. The van der Waals surface area contributed by atoms with Gasteiger partial charge in [0.25, 0.3) is 0 Å². The van der Waals surface area contributed by atoms with Gasteiger partial charge in [-0.1, -0.05) is 35.4 Å². The number of nitrogens with two attached hydrogens (primary N) is 1. The average Bonchev–Trinajstić information content (AvgIpc) is 2.68. The van der Waals surface area contributed by atoms with Crippen molar-refractivity contribution in [2.45, 2.75) is 20.0 Å². The van der Waals surface area contributed by atoms with Crippen molar-refractivity contribution in [3.05, 3.63) is 102 Å². The quantitative estimate of drug-likeness (QED) is 0.280. The Hall–Kier alpha value is -2.64. The molecular formula is C23H24F2IrN2O3-2. The third-order valence-corrected chi connectivity index (χ3v) is 3.89. The average molecular weight is 607 g/mol. The van der Waals surface area contributed by atoms with E-state index in [0.717, 1.165) is 29.0 Å². The molecule has 5 nitrogen and oxygen atoms in total. The van der Waals surface area contributed by atoms with Crippen LogP contribution in [0, 0.1) is 24.6 Å². The van der Waals surface area contributed by atoms with Crippen molar-refractivity contribution in [1.29, 1.82) is 0 Å². The maximum absolute atomic E-state index is 13.4. The maximum Gasteiger partial charge on any atom is 0.118 e. The van der Waals surface area contributed by atoms with Crippen LogP contribution >= 0.6 is 0 Å². The molecule has 0 aliphatic carbocycles. The number of benzene rings is 2. The van der Waals surface area contributed by atoms with Gasteiger partial charge in [-0.2, -0.15) is 0 Å². The van der Waals surface area contributed by atoms with E-state index in [1.807, 2.05) is 13.0 Å². The first kappa shape index (κ1) is 28.4. The number of nitrogens with zero attached hydrogens (tertiary/aromatic N) is 1. The minimum atomic E-state index is -0.772. The summed E-state index contributed by atoms with van der Waals surface area (Å²) in [5.41, 5.74) is 2.35. The molecule has 1 aromatic heterocycles. The van der Waals surface area contributed by atoms with Crippen LogP contribution in [0.4, 0.5) is 8.78 Å². The molecule has 31 heavy (non-hydrogen) atoms.